The molecule has 3 N–H and O–H groups in total. The molecule has 1 unspecified atom stereocenters. The van der Waals surface area contributed by atoms with Gasteiger partial charge in [-0.25, -0.2) is 0 Å². The van der Waals surface area contributed by atoms with Crippen LogP contribution < -0.4 is 5.73 Å². The minimum absolute atomic E-state index is 0.212. The smallest absolute Gasteiger partial charge is 0.103 e. The van der Waals surface area contributed by atoms with Gasteiger partial charge in [-0.3, -0.25) is 4.98 Å². The summed E-state index contributed by atoms with van der Waals surface area (Å²) in [5, 5.41) is 10.7. The van der Waals surface area contributed by atoms with E-state index in [0.717, 1.165) is 35.8 Å². The van der Waals surface area contributed by atoms with E-state index in [9.17, 15) is 5.11 Å². The molecule has 1 heterocycles. The molecule has 4 heteroatoms. The summed E-state index contributed by atoms with van der Waals surface area (Å²) in [6.07, 6.45) is 5.32. The number of rotatable bonds is 3. The fraction of sp³-hybridized carbons (Fsp3) is 0.667. The fourth-order valence-electron chi connectivity index (χ4n) is 2.88. The third kappa shape index (κ3) is 3.18. The highest BCUT2D eigenvalue weighted by Crippen LogP contribution is 2.50. The monoisotopic (exact) mass is 326 g/mol. The molecule has 1 atom stereocenters. The topological polar surface area (TPSA) is 59.1 Å². The van der Waals surface area contributed by atoms with Crippen LogP contribution >= 0.6 is 15.9 Å². The summed E-state index contributed by atoms with van der Waals surface area (Å²) in [6.45, 7) is 5.09. The van der Waals surface area contributed by atoms with Crippen LogP contribution in [0.15, 0.2) is 22.8 Å². The molecule has 19 heavy (non-hydrogen) atoms. The van der Waals surface area contributed by atoms with Gasteiger partial charge in [-0.2, -0.15) is 0 Å². The zero-order valence-corrected chi connectivity index (χ0v) is 13.3. The van der Waals surface area contributed by atoms with Crippen molar-refractivity contribution in [1.82, 2.24) is 4.98 Å². The summed E-state index contributed by atoms with van der Waals surface area (Å²) < 4.78 is 0.926. The summed E-state index contributed by atoms with van der Waals surface area (Å²) >= 11 is 3.37. The van der Waals surface area contributed by atoms with E-state index in [0.29, 0.717) is 12.0 Å². The first-order valence-corrected chi connectivity index (χ1v) is 7.67. The predicted octanol–water partition coefficient (Wildman–Crippen LogP) is 3.42. The zero-order valence-electron chi connectivity index (χ0n) is 11.7. The first-order chi connectivity index (χ1) is 8.88. The minimum atomic E-state index is -0.568. The highest BCUT2D eigenvalue weighted by molar-refractivity contribution is 9.10. The van der Waals surface area contributed by atoms with Gasteiger partial charge in [0, 0.05) is 22.6 Å². The van der Waals surface area contributed by atoms with Crippen LogP contribution in [0, 0.1) is 10.8 Å². The van der Waals surface area contributed by atoms with Gasteiger partial charge in [-0.1, -0.05) is 13.8 Å². The molecule has 0 amide bonds. The van der Waals surface area contributed by atoms with Crippen LogP contribution in [0.3, 0.4) is 0 Å². The second-order valence-electron chi connectivity index (χ2n) is 6.53. The Bertz CT molecular complexity index is 420. The highest BCUT2D eigenvalue weighted by Gasteiger charge is 2.43. The van der Waals surface area contributed by atoms with E-state index in [4.69, 9.17) is 5.73 Å². The average molecular weight is 327 g/mol. The van der Waals surface area contributed by atoms with Gasteiger partial charge < -0.3 is 10.8 Å². The second kappa shape index (κ2) is 5.51. The zero-order chi connectivity index (χ0) is 14.1. The SMILES string of the molecule is CC1(C)CCC(CN)(C(O)c2ccc(Br)cn2)CC1. The number of nitrogens with two attached hydrogens (primary N) is 1. The molecular formula is C15H23BrN2O. The molecule has 1 fully saturated rings. The predicted molar refractivity (Wildman–Crippen MR) is 80.6 cm³/mol. The lowest BCUT2D eigenvalue weighted by molar-refractivity contribution is -0.0259. The van der Waals surface area contributed by atoms with Crippen molar-refractivity contribution in [2.45, 2.75) is 45.6 Å². The molecule has 0 aromatic carbocycles. The van der Waals surface area contributed by atoms with Crippen LogP contribution in [-0.2, 0) is 0 Å². The quantitative estimate of drug-likeness (QED) is 0.894. The van der Waals surface area contributed by atoms with Crippen LogP contribution in [0.1, 0.15) is 51.3 Å². The maximum absolute atomic E-state index is 10.7. The van der Waals surface area contributed by atoms with E-state index in [1.807, 2.05) is 12.1 Å². The van der Waals surface area contributed by atoms with E-state index in [-0.39, 0.29) is 5.41 Å². The number of hydrogen-bond donors (Lipinski definition) is 2. The summed E-state index contributed by atoms with van der Waals surface area (Å²) in [4.78, 5) is 4.33. The van der Waals surface area contributed by atoms with Gasteiger partial charge in [0.05, 0.1) is 5.69 Å². The van der Waals surface area contributed by atoms with Crippen LogP contribution in [0.25, 0.3) is 0 Å². The number of aliphatic hydroxyl groups is 1. The average Bonchev–Trinajstić information content (AvgIpc) is 2.40. The Kier molecular flexibility index (Phi) is 4.33. The van der Waals surface area contributed by atoms with E-state index in [1.54, 1.807) is 6.20 Å². The molecule has 0 saturated heterocycles. The van der Waals surface area contributed by atoms with Gasteiger partial charge in [-0.15, -0.1) is 0 Å². The van der Waals surface area contributed by atoms with Crippen molar-refractivity contribution in [2.24, 2.45) is 16.6 Å². The number of aromatic nitrogens is 1. The summed E-state index contributed by atoms with van der Waals surface area (Å²) in [7, 11) is 0. The maximum atomic E-state index is 10.7. The summed E-state index contributed by atoms with van der Waals surface area (Å²) in [5.74, 6) is 0. The summed E-state index contributed by atoms with van der Waals surface area (Å²) in [6, 6.07) is 3.80. The molecule has 1 saturated carbocycles. The third-order valence-electron chi connectivity index (χ3n) is 4.62. The van der Waals surface area contributed by atoms with E-state index in [2.05, 4.69) is 34.8 Å². The van der Waals surface area contributed by atoms with Gasteiger partial charge in [0.1, 0.15) is 6.10 Å². The lowest BCUT2D eigenvalue weighted by Gasteiger charge is -2.45. The lowest BCUT2D eigenvalue weighted by Crippen LogP contribution is -2.42. The van der Waals surface area contributed by atoms with Gasteiger partial charge in [-0.05, 0) is 59.2 Å². The largest absolute Gasteiger partial charge is 0.386 e. The van der Waals surface area contributed by atoms with Crippen molar-refractivity contribution in [3.63, 3.8) is 0 Å². The van der Waals surface area contributed by atoms with Crippen molar-refractivity contribution in [3.8, 4) is 0 Å². The van der Waals surface area contributed by atoms with E-state index >= 15 is 0 Å². The Labute approximate surface area is 123 Å². The van der Waals surface area contributed by atoms with Crippen LogP contribution in [-0.4, -0.2) is 16.6 Å². The molecule has 0 radical (unpaired) electrons. The van der Waals surface area contributed by atoms with E-state index in [1.165, 1.54) is 0 Å². The number of nitrogens with zero attached hydrogens (tertiary/aromatic N) is 1. The molecule has 0 spiro atoms. The van der Waals surface area contributed by atoms with Gasteiger partial charge in [0.25, 0.3) is 0 Å². The van der Waals surface area contributed by atoms with Gasteiger partial charge >= 0.3 is 0 Å². The molecule has 106 valence electrons. The molecule has 3 nitrogen and oxygen atoms in total. The van der Waals surface area contributed by atoms with Crippen molar-refractivity contribution in [2.75, 3.05) is 6.54 Å². The normalized spacial score (nSPS) is 23.0. The molecule has 2 rings (SSSR count). The Balaban J connectivity index is 2.19. The first kappa shape index (κ1) is 14.9. The Morgan fingerprint density at radius 1 is 1.32 bits per heavy atom. The number of halogens is 1. The van der Waals surface area contributed by atoms with Crippen molar-refractivity contribution in [1.29, 1.82) is 0 Å². The lowest BCUT2D eigenvalue weighted by atomic mass is 9.62. The first-order valence-electron chi connectivity index (χ1n) is 6.88. The third-order valence-corrected chi connectivity index (χ3v) is 5.09. The minimum Gasteiger partial charge on any atom is -0.386 e. The number of aliphatic hydroxyl groups excluding tert-OH is 1. The molecule has 0 bridgehead atoms. The standard InChI is InChI=1S/C15H23BrN2O/c1-14(2)5-7-15(10-17,8-6-14)13(19)12-4-3-11(16)9-18-12/h3-4,9,13,19H,5-8,10,17H2,1-2H3. The Morgan fingerprint density at radius 3 is 2.42 bits per heavy atom. The molecule has 1 aromatic heterocycles. The summed E-state index contributed by atoms with van der Waals surface area (Å²) in [5.41, 5.74) is 6.88. The van der Waals surface area contributed by atoms with Crippen LogP contribution in [0.5, 0.6) is 0 Å². The highest BCUT2D eigenvalue weighted by atomic mass is 79.9. The molecule has 0 aliphatic heterocycles. The van der Waals surface area contributed by atoms with Crippen LogP contribution in [0.4, 0.5) is 0 Å². The molecule has 1 aliphatic rings. The fourth-order valence-corrected chi connectivity index (χ4v) is 3.11. The number of pyridine rings is 1. The van der Waals surface area contributed by atoms with Crippen molar-refractivity contribution >= 4 is 15.9 Å². The van der Waals surface area contributed by atoms with E-state index < -0.39 is 6.10 Å². The van der Waals surface area contributed by atoms with Gasteiger partial charge in [0.15, 0.2) is 0 Å². The maximum Gasteiger partial charge on any atom is 0.103 e. The Hall–Kier alpha value is -0.450. The second-order valence-corrected chi connectivity index (χ2v) is 7.45. The van der Waals surface area contributed by atoms with Gasteiger partial charge in [0.2, 0.25) is 0 Å². The van der Waals surface area contributed by atoms with Crippen molar-refractivity contribution in [3.05, 3.63) is 28.5 Å². The Morgan fingerprint density at radius 2 is 1.95 bits per heavy atom. The van der Waals surface area contributed by atoms with Crippen LogP contribution in [0.2, 0.25) is 0 Å². The molecule has 1 aromatic rings. The molecular weight excluding hydrogens is 304 g/mol. The number of hydrogen-bond acceptors (Lipinski definition) is 3. The van der Waals surface area contributed by atoms with Crippen molar-refractivity contribution < 1.29 is 5.11 Å². The molecule has 1 aliphatic carbocycles.